The Labute approximate surface area is 153 Å². The van der Waals surface area contributed by atoms with Crippen LogP contribution < -0.4 is 9.64 Å². The summed E-state index contributed by atoms with van der Waals surface area (Å²) in [5.74, 6) is 1.16. The van der Waals surface area contributed by atoms with Crippen molar-refractivity contribution in [1.82, 2.24) is 25.0 Å². The van der Waals surface area contributed by atoms with Gasteiger partial charge in [-0.25, -0.2) is 0 Å². The van der Waals surface area contributed by atoms with Gasteiger partial charge in [0.05, 0.1) is 7.11 Å². The number of anilines is 1. The van der Waals surface area contributed by atoms with Gasteiger partial charge in [0.15, 0.2) is 0 Å². The molecule has 2 aliphatic rings. The molecule has 0 radical (unpaired) electrons. The maximum absolute atomic E-state index is 5.87. The average Bonchev–Trinajstić information content (AvgIpc) is 3.19. The van der Waals surface area contributed by atoms with Crippen LogP contribution in [0.1, 0.15) is 12.8 Å². The van der Waals surface area contributed by atoms with Crippen LogP contribution in [-0.2, 0) is 0 Å². The first kappa shape index (κ1) is 17.2. The molecule has 0 saturated carbocycles. The van der Waals surface area contributed by atoms with Crippen LogP contribution >= 0.6 is 0 Å². The fraction of sp³-hybridized carbons (Fsp3) is 0.611. The molecule has 4 heterocycles. The summed E-state index contributed by atoms with van der Waals surface area (Å²) >= 11 is 0. The fourth-order valence-electron chi connectivity index (χ4n) is 3.71. The second-order valence-corrected chi connectivity index (χ2v) is 7.03. The molecule has 2 aromatic rings. The van der Waals surface area contributed by atoms with Crippen LogP contribution in [0.25, 0.3) is 11.6 Å². The van der Waals surface area contributed by atoms with Gasteiger partial charge in [-0.15, -0.1) is 5.10 Å². The zero-order valence-corrected chi connectivity index (χ0v) is 15.5. The monoisotopic (exact) mass is 358 g/mol. The Balaban J connectivity index is 1.37. The van der Waals surface area contributed by atoms with Crippen molar-refractivity contribution in [3.8, 4) is 17.3 Å². The lowest BCUT2D eigenvalue weighted by Gasteiger charge is -2.41. The first-order chi connectivity index (χ1) is 12.7. The highest BCUT2D eigenvalue weighted by Gasteiger charge is 2.28. The van der Waals surface area contributed by atoms with Gasteiger partial charge in [-0.2, -0.15) is 0 Å². The quantitative estimate of drug-likeness (QED) is 0.811. The van der Waals surface area contributed by atoms with Gasteiger partial charge >= 0.3 is 6.01 Å². The van der Waals surface area contributed by atoms with Crippen molar-refractivity contribution in [1.29, 1.82) is 0 Å². The lowest BCUT2D eigenvalue weighted by Crippen LogP contribution is -2.52. The van der Waals surface area contributed by atoms with E-state index in [9.17, 15) is 0 Å². The fourth-order valence-corrected chi connectivity index (χ4v) is 3.71. The van der Waals surface area contributed by atoms with Crippen molar-refractivity contribution < 1.29 is 9.15 Å². The van der Waals surface area contributed by atoms with Crippen molar-refractivity contribution >= 4 is 6.01 Å². The number of hydrogen-bond acceptors (Lipinski definition) is 8. The molecule has 2 aliphatic heterocycles. The maximum Gasteiger partial charge on any atom is 0.318 e. The van der Waals surface area contributed by atoms with Gasteiger partial charge in [-0.3, -0.25) is 9.88 Å². The minimum atomic E-state index is 0.431. The summed E-state index contributed by atoms with van der Waals surface area (Å²) in [6.07, 6.45) is 3.96. The second kappa shape index (κ2) is 7.59. The minimum absolute atomic E-state index is 0.431. The van der Waals surface area contributed by atoms with Crippen LogP contribution in [-0.4, -0.2) is 84.4 Å². The number of piperidine rings is 1. The topological polar surface area (TPSA) is 70.8 Å². The summed E-state index contributed by atoms with van der Waals surface area (Å²) in [5.41, 5.74) is 0.635. The van der Waals surface area contributed by atoms with Gasteiger partial charge < -0.3 is 19.0 Å². The summed E-state index contributed by atoms with van der Waals surface area (Å²) in [5, 5.41) is 8.39. The van der Waals surface area contributed by atoms with Crippen molar-refractivity contribution in [2.45, 2.75) is 18.9 Å². The standard InChI is InChI=1S/C18H26N6O2/c1-22-9-11-23(12-10-22)14-4-7-24(8-5-14)18-21-20-17(26-18)16-13-15(25-2)3-6-19-16/h3,6,13-14H,4-5,7-12H2,1-2H3. The van der Waals surface area contributed by atoms with E-state index >= 15 is 0 Å². The van der Waals surface area contributed by atoms with Crippen molar-refractivity contribution in [2.24, 2.45) is 0 Å². The molecule has 0 N–H and O–H groups in total. The molecule has 2 aromatic heterocycles. The molecule has 2 saturated heterocycles. The number of methoxy groups -OCH3 is 1. The molecule has 8 nitrogen and oxygen atoms in total. The summed E-state index contributed by atoms with van der Waals surface area (Å²) in [6.45, 7) is 6.58. The summed E-state index contributed by atoms with van der Waals surface area (Å²) in [4.78, 5) is 11.5. The molecule has 26 heavy (non-hydrogen) atoms. The van der Waals surface area contributed by atoms with E-state index in [1.165, 1.54) is 26.2 Å². The first-order valence-corrected chi connectivity index (χ1v) is 9.24. The van der Waals surface area contributed by atoms with Crippen molar-refractivity contribution in [2.75, 3.05) is 58.3 Å². The molecular weight excluding hydrogens is 332 g/mol. The largest absolute Gasteiger partial charge is 0.497 e. The van der Waals surface area contributed by atoms with Crippen LogP contribution in [0.3, 0.4) is 0 Å². The number of aromatic nitrogens is 3. The molecule has 4 rings (SSSR count). The van der Waals surface area contributed by atoms with E-state index in [0.29, 0.717) is 23.6 Å². The third-order valence-corrected chi connectivity index (χ3v) is 5.39. The van der Waals surface area contributed by atoms with Crippen molar-refractivity contribution in [3.05, 3.63) is 18.3 Å². The highest BCUT2D eigenvalue weighted by atomic mass is 16.5. The third-order valence-electron chi connectivity index (χ3n) is 5.39. The van der Waals surface area contributed by atoms with Crippen LogP contribution in [0.15, 0.2) is 22.7 Å². The Morgan fingerprint density at radius 1 is 1.08 bits per heavy atom. The Bertz CT molecular complexity index is 720. The number of nitrogens with zero attached hydrogens (tertiary/aromatic N) is 6. The SMILES string of the molecule is COc1ccnc(-c2nnc(N3CCC(N4CCN(C)CC4)CC3)o2)c1. The van der Waals surface area contributed by atoms with Gasteiger partial charge in [-0.05, 0) is 26.0 Å². The summed E-state index contributed by atoms with van der Waals surface area (Å²) in [7, 11) is 3.83. The van der Waals surface area contributed by atoms with E-state index in [1.807, 2.05) is 0 Å². The molecule has 2 fully saturated rings. The number of piperazine rings is 1. The Kier molecular flexibility index (Phi) is 5.03. The van der Waals surface area contributed by atoms with E-state index in [4.69, 9.17) is 9.15 Å². The Morgan fingerprint density at radius 2 is 1.85 bits per heavy atom. The second-order valence-electron chi connectivity index (χ2n) is 7.03. The van der Waals surface area contributed by atoms with E-state index in [2.05, 4.69) is 36.9 Å². The average molecular weight is 358 g/mol. The van der Waals surface area contributed by atoms with Gasteiger partial charge in [-0.1, -0.05) is 5.10 Å². The molecule has 0 atom stereocenters. The van der Waals surface area contributed by atoms with Gasteiger partial charge in [0, 0.05) is 57.6 Å². The van der Waals surface area contributed by atoms with E-state index in [0.717, 1.165) is 31.7 Å². The van der Waals surface area contributed by atoms with E-state index < -0.39 is 0 Å². The summed E-state index contributed by atoms with van der Waals surface area (Å²) in [6, 6.07) is 4.85. The molecule has 0 bridgehead atoms. The lowest BCUT2D eigenvalue weighted by atomic mass is 10.0. The zero-order valence-electron chi connectivity index (χ0n) is 15.5. The third kappa shape index (κ3) is 3.66. The van der Waals surface area contributed by atoms with Gasteiger partial charge in [0.1, 0.15) is 11.4 Å². The van der Waals surface area contributed by atoms with Crippen LogP contribution in [0.2, 0.25) is 0 Å². The lowest BCUT2D eigenvalue weighted by molar-refractivity contribution is 0.0976. The van der Waals surface area contributed by atoms with E-state index in [-0.39, 0.29) is 0 Å². The maximum atomic E-state index is 5.87. The van der Waals surface area contributed by atoms with Gasteiger partial charge in [0.25, 0.3) is 5.89 Å². The Hall–Kier alpha value is -2.19. The molecule has 140 valence electrons. The molecular formula is C18H26N6O2. The number of likely N-dealkylation sites (N-methyl/N-ethyl adjacent to an activating group) is 1. The minimum Gasteiger partial charge on any atom is -0.497 e. The number of rotatable bonds is 4. The molecule has 0 spiro atoms. The molecule has 0 amide bonds. The highest BCUT2D eigenvalue weighted by molar-refractivity contribution is 5.50. The first-order valence-electron chi connectivity index (χ1n) is 9.24. The summed E-state index contributed by atoms with van der Waals surface area (Å²) < 4.78 is 11.1. The Morgan fingerprint density at radius 3 is 2.58 bits per heavy atom. The number of hydrogen-bond donors (Lipinski definition) is 0. The van der Waals surface area contributed by atoms with E-state index in [1.54, 1.807) is 25.4 Å². The normalized spacial score (nSPS) is 20.5. The predicted molar refractivity (Wildman–Crippen MR) is 98.4 cm³/mol. The molecule has 0 unspecified atom stereocenters. The highest BCUT2D eigenvalue weighted by Crippen LogP contribution is 2.26. The van der Waals surface area contributed by atoms with Gasteiger partial charge in [0.2, 0.25) is 0 Å². The smallest absolute Gasteiger partial charge is 0.318 e. The van der Waals surface area contributed by atoms with Crippen LogP contribution in [0, 0.1) is 0 Å². The van der Waals surface area contributed by atoms with Crippen LogP contribution in [0.4, 0.5) is 6.01 Å². The van der Waals surface area contributed by atoms with Crippen LogP contribution in [0.5, 0.6) is 5.75 Å². The number of pyridine rings is 1. The molecule has 0 aliphatic carbocycles. The molecule has 0 aromatic carbocycles. The van der Waals surface area contributed by atoms with Crippen molar-refractivity contribution in [3.63, 3.8) is 0 Å². The zero-order chi connectivity index (χ0) is 17.9. The number of ether oxygens (including phenoxy) is 1. The predicted octanol–water partition coefficient (Wildman–Crippen LogP) is 1.36. The molecule has 8 heteroatoms.